The molecule has 1 unspecified atom stereocenters. The van der Waals surface area contributed by atoms with Crippen LogP contribution in [0.2, 0.25) is 0 Å². The molecule has 1 heterocycles. The van der Waals surface area contributed by atoms with Crippen molar-refractivity contribution in [2.45, 2.75) is 18.6 Å². The van der Waals surface area contributed by atoms with Gasteiger partial charge in [-0.05, 0) is 34.7 Å². The molecule has 0 spiro atoms. The van der Waals surface area contributed by atoms with Gasteiger partial charge in [0.1, 0.15) is 5.82 Å². The third kappa shape index (κ3) is 4.55. The van der Waals surface area contributed by atoms with Crippen LogP contribution in [0.25, 0.3) is 0 Å². The Morgan fingerprint density at radius 2 is 2.41 bits per heavy atom. The summed E-state index contributed by atoms with van der Waals surface area (Å²) in [6.07, 6.45) is 4.57. The predicted molar refractivity (Wildman–Crippen MR) is 76.3 cm³/mol. The molecule has 0 aliphatic carbocycles. The van der Waals surface area contributed by atoms with Gasteiger partial charge >= 0.3 is 0 Å². The number of aromatic nitrogens is 1. The molecular weight excluding hydrogens is 302 g/mol. The van der Waals surface area contributed by atoms with Crippen molar-refractivity contribution in [1.29, 1.82) is 0 Å². The number of rotatable bonds is 5. The summed E-state index contributed by atoms with van der Waals surface area (Å²) in [5.41, 5.74) is 6.06. The fourth-order valence-electron chi connectivity index (χ4n) is 1.23. The first-order valence-corrected chi connectivity index (χ1v) is 7.34. The molecule has 0 aliphatic rings. The van der Waals surface area contributed by atoms with Crippen LogP contribution in [0.1, 0.15) is 23.7 Å². The molecule has 0 bridgehead atoms. The van der Waals surface area contributed by atoms with E-state index in [-0.39, 0.29) is 11.7 Å². The lowest BCUT2D eigenvalue weighted by Gasteiger charge is -2.10. The summed E-state index contributed by atoms with van der Waals surface area (Å²) in [7, 11) is 0. The Kier molecular flexibility index (Phi) is 5.77. The second-order valence-corrected chi connectivity index (χ2v) is 5.87. The SMILES string of the molecule is CSC(C)CCNC(=O)c1cc(Br)cnc1N. The fourth-order valence-corrected chi connectivity index (χ4v) is 1.92. The lowest BCUT2D eigenvalue weighted by molar-refractivity contribution is 0.0954. The number of pyridine rings is 1. The van der Waals surface area contributed by atoms with Crippen molar-refractivity contribution in [3.63, 3.8) is 0 Å². The van der Waals surface area contributed by atoms with Gasteiger partial charge in [-0.25, -0.2) is 4.98 Å². The fraction of sp³-hybridized carbons (Fsp3) is 0.455. The molecule has 0 aliphatic heterocycles. The van der Waals surface area contributed by atoms with Crippen LogP contribution < -0.4 is 11.1 Å². The number of thioether (sulfide) groups is 1. The Hall–Kier alpha value is -0.750. The number of nitrogens with zero attached hydrogens (tertiary/aromatic N) is 1. The zero-order valence-corrected chi connectivity index (χ0v) is 12.3. The number of hydrogen-bond acceptors (Lipinski definition) is 4. The second-order valence-electron chi connectivity index (χ2n) is 3.68. The lowest BCUT2D eigenvalue weighted by Crippen LogP contribution is -2.27. The van der Waals surface area contributed by atoms with E-state index in [2.05, 4.69) is 39.4 Å². The van der Waals surface area contributed by atoms with Gasteiger partial charge in [-0.15, -0.1) is 0 Å². The summed E-state index contributed by atoms with van der Waals surface area (Å²) < 4.78 is 0.745. The standard InChI is InChI=1S/C11H16BrN3OS/c1-7(17-2)3-4-14-11(16)9-5-8(12)6-15-10(9)13/h5-7H,3-4H2,1-2H3,(H2,13,15)(H,14,16). The summed E-state index contributed by atoms with van der Waals surface area (Å²) in [5.74, 6) is 0.0771. The molecule has 0 fully saturated rings. The number of hydrogen-bond donors (Lipinski definition) is 2. The van der Waals surface area contributed by atoms with Crippen molar-refractivity contribution in [3.05, 3.63) is 22.3 Å². The molecule has 4 nitrogen and oxygen atoms in total. The van der Waals surface area contributed by atoms with E-state index in [1.54, 1.807) is 24.0 Å². The van der Waals surface area contributed by atoms with Gasteiger partial charge < -0.3 is 11.1 Å². The molecule has 6 heteroatoms. The molecule has 17 heavy (non-hydrogen) atoms. The topological polar surface area (TPSA) is 68.0 Å². The quantitative estimate of drug-likeness (QED) is 0.874. The van der Waals surface area contributed by atoms with Crippen molar-refractivity contribution in [2.75, 3.05) is 18.5 Å². The van der Waals surface area contributed by atoms with Crippen molar-refractivity contribution >= 4 is 39.4 Å². The third-order valence-electron chi connectivity index (χ3n) is 2.37. The molecule has 1 aromatic heterocycles. The van der Waals surface area contributed by atoms with Gasteiger partial charge in [-0.1, -0.05) is 6.92 Å². The highest BCUT2D eigenvalue weighted by molar-refractivity contribution is 9.10. The number of carbonyl (C=O) groups is 1. The highest BCUT2D eigenvalue weighted by atomic mass is 79.9. The van der Waals surface area contributed by atoms with Crippen LogP contribution in [0.3, 0.4) is 0 Å². The summed E-state index contributed by atoms with van der Waals surface area (Å²) in [4.78, 5) is 15.8. The molecular formula is C11H16BrN3OS. The van der Waals surface area contributed by atoms with Gasteiger partial charge in [-0.2, -0.15) is 11.8 Å². The van der Waals surface area contributed by atoms with Gasteiger partial charge in [-0.3, -0.25) is 4.79 Å². The Morgan fingerprint density at radius 1 is 1.71 bits per heavy atom. The van der Waals surface area contributed by atoms with Crippen LogP contribution >= 0.6 is 27.7 Å². The highest BCUT2D eigenvalue weighted by Crippen LogP contribution is 2.15. The second kappa shape index (κ2) is 6.86. The van der Waals surface area contributed by atoms with Crippen LogP contribution in [-0.2, 0) is 0 Å². The number of nitrogen functional groups attached to an aromatic ring is 1. The molecule has 0 aromatic carbocycles. The molecule has 1 atom stereocenters. The van der Waals surface area contributed by atoms with Gasteiger partial charge in [0, 0.05) is 22.5 Å². The Bertz CT molecular complexity index is 400. The van der Waals surface area contributed by atoms with E-state index in [4.69, 9.17) is 5.73 Å². The smallest absolute Gasteiger partial charge is 0.255 e. The Morgan fingerprint density at radius 3 is 3.06 bits per heavy atom. The number of nitrogens with one attached hydrogen (secondary N) is 1. The predicted octanol–water partition coefficient (Wildman–Crippen LogP) is 2.30. The van der Waals surface area contributed by atoms with Crippen molar-refractivity contribution in [1.82, 2.24) is 10.3 Å². The van der Waals surface area contributed by atoms with E-state index >= 15 is 0 Å². The van der Waals surface area contributed by atoms with E-state index in [1.807, 2.05) is 0 Å². The molecule has 0 saturated carbocycles. The maximum Gasteiger partial charge on any atom is 0.255 e. The molecule has 1 aromatic rings. The zero-order valence-electron chi connectivity index (χ0n) is 9.87. The van der Waals surface area contributed by atoms with Crippen LogP contribution in [0, 0.1) is 0 Å². The highest BCUT2D eigenvalue weighted by Gasteiger charge is 2.11. The Balaban J connectivity index is 2.55. The first-order valence-electron chi connectivity index (χ1n) is 5.26. The summed E-state index contributed by atoms with van der Waals surface area (Å²) in [5, 5.41) is 3.37. The third-order valence-corrected chi connectivity index (χ3v) is 3.84. The number of nitrogens with two attached hydrogens (primary N) is 1. The van der Waals surface area contributed by atoms with E-state index < -0.39 is 0 Å². The monoisotopic (exact) mass is 317 g/mol. The van der Waals surface area contributed by atoms with E-state index in [9.17, 15) is 4.79 Å². The number of halogens is 1. The first kappa shape index (κ1) is 14.3. The molecule has 1 rings (SSSR count). The zero-order chi connectivity index (χ0) is 12.8. The summed E-state index contributed by atoms with van der Waals surface area (Å²) in [6, 6.07) is 1.68. The minimum Gasteiger partial charge on any atom is -0.383 e. The van der Waals surface area contributed by atoms with E-state index in [1.165, 1.54) is 0 Å². The molecule has 0 radical (unpaired) electrons. The molecule has 94 valence electrons. The van der Waals surface area contributed by atoms with E-state index in [0.29, 0.717) is 17.4 Å². The van der Waals surface area contributed by atoms with E-state index in [0.717, 1.165) is 10.9 Å². The largest absolute Gasteiger partial charge is 0.383 e. The van der Waals surface area contributed by atoms with Crippen LogP contribution in [0.5, 0.6) is 0 Å². The van der Waals surface area contributed by atoms with Gasteiger partial charge in [0.05, 0.1) is 5.56 Å². The average molecular weight is 318 g/mol. The molecule has 0 saturated heterocycles. The summed E-state index contributed by atoms with van der Waals surface area (Å²) >= 11 is 5.05. The van der Waals surface area contributed by atoms with Crippen LogP contribution in [-0.4, -0.2) is 28.9 Å². The molecule has 1 amide bonds. The average Bonchev–Trinajstić information content (AvgIpc) is 2.31. The minimum absolute atomic E-state index is 0.176. The van der Waals surface area contributed by atoms with Gasteiger partial charge in [0.2, 0.25) is 0 Å². The van der Waals surface area contributed by atoms with Gasteiger partial charge in [0.25, 0.3) is 5.91 Å². The van der Waals surface area contributed by atoms with Crippen molar-refractivity contribution in [3.8, 4) is 0 Å². The Labute approximate surface area is 114 Å². The minimum atomic E-state index is -0.176. The normalized spacial score (nSPS) is 12.2. The maximum atomic E-state index is 11.8. The van der Waals surface area contributed by atoms with Crippen LogP contribution in [0.15, 0.2) is 16.7 Å². The van der Waals surface area contributed by atoms with Crippen LogP contribution in [0.4, 0.5) is 5.82 Å². The summed E-state index contributed by atoms with van der Waals surface area (Å²) in [6.45, 7) is 2.78. The van der Waals surface area contributed by atoms with Crippen molar-refractivity contribution in [2.24, 2.45) is 0 Å². The molecule has 3 N–H and O–H groups in total. The lowest BCUT2D eigenvalue weighted by atomic mass is 10.2. The van der Waals surface area contributed by atoms with Gasteiger partial charge in [0.15, 0.2) is 0 Å². The first-order chi connectivity index (χ1) is 8.04. The number of carbonyl (C=O) groups excluding carboxylic acids is 1. The van der Waals surface area contributed by atoms with Crippen molar-refractivity contribution < 1.29 is 4.79 Å². The number of amides is 1. The number of anilines is 1. The maximum absolute atomic E-state index is 11.8.